The third-order valence-corrected chi connectivity index (χ3v) is 5.14. The van der Waals surface area contributed by atoms with E-state index in [1.165, 1.54) is 12.1 Å². The minimum Gasteiger partial charge on any atom is -0.477 e. The molecule has 1 N–H and O–H groups in total. The van der Waals surface area contributed by atoms with Crippen LogP contribution in [0.5, 0.6) is 0 Å². The number of carbonyl (C=O) groups is 1. The van der Waals surface area contributed by atoms with Crippen LogP contribution in [0.1, 0.15) is 16.9 Å². The summed E-state index contributed by atoms with van der Waals surface area (Å²) in [6.45, 7) is 0. The molecular weight excluding hydrogens is 440 g/mol. The Bertz CT molecular complexity index is 1440. The average Bonchev–Trinajstić information content (AvgIpc) is 2.89. The van der Waals surface area contributed by atoms with E-state index in [9.17, 15) is 9.59 Å². The molecule has 0 spiro atoms. The Hall–Kier alpha value is -5.15. The molecule has 4 aromatic rings. The first-order valence-electron chi connectivity index (χ1n) is 10.7. The highest BCUT2D eigenvalue weighted by molar-refractivity contribution is 5.96. The van der Waals surface area contributed by atoms with E-state index >= 15 is 0 Å². The Morgan fingerprint density at radius 3 is 1.89 bits per heavy atom. The van der Waals surface area contributed by atoms with Crippen LogP contribution < -0.4 is 10.5 Å². The fourth-order valence-electron chi connectivity index (χ4n) is 3.45. The molecule has 0 aliphatic carbocycles. The molecule has 0 fully saturated rings. The van der Waals surface area contributed by atoms with E-state index in [1.807, 2.05) is 66.7 Å². The molecule has 170 valence electrons. The van der Waals surface area contributed by atoms with E-state index in [4.69, 9.17) is 14.8 Å². The zero-order chi connectivity index (χ0) is 24.6. The number of hydrogen-bond acceptors (Lipinski definition) is 5. The number of nitriles is 1. The maximum absolute atomic E-state index is 12.2. The van der Waals surface area contributed by atoms with Crippen molar-refractivity contribution in [2.24, 2.45) is 0 Å². The number of para-hydroxylation sites is 2. The van der Waals surface area contributed by atoms with Crippen molar-refractivity contribution in [2.45, 2.75) is 0 Å². The van der Waals surface area contributed by atoms with Crippen LogP contribution in [0.15, 0.2) is 112 Å². The van der Waals surface area contributed by atoms with Crippen molar-refractivity contribution < 1.29 is 14.3 Å². The first-order chi connectivity index (χ1) is 17.0. The van der Waals surface area contributed by atoms with Gasteiger partial charge in [0.25, 0.3) is 0 Å². The van der Waals surface area contributed by atoms with Crippen LogP contribution in [0.3, 0.4) is 0 Å². The summed E-state index contributed by atoms with van der Waals surface area (Å²) in [6, 6.07) is 32.6. The Kier molecular flexibility index (Phi) is 7.00. The van der Waals surface area contributed by atoms with E-state index < -0.39 is 17.2 Å². The Labute approximate surface area is 201 Å². The molecule has 0 amide bonds. The second-order valence-electron chi connectivity index (χ2n) is 7.49. The minimum absolute atomic E-state index is 0.00707. The number of anilines is 3. The first kappa shape index (κ1) is 23.0. The third-order valence-electron chi connectivity index (χ3n) is 5.14. The highest BCUT2D eigenvalue weighted by Gasteiger charge is 2.11. The summed E-state index contributed by atoms with van der Waals surface area (Å²) in [7, 11) is 0. The molecule has 1 heterocycles. The van der Waals surface area contributed by atoms with Crippen LogP contribution in [0.2, 0.25) is 0 Å². The van der Waals surface area contributed by atoms with Crippen molar-refractivity contribution in [2.75, 3.05) is 4.90 Å². The molecule has 6 heteroatoms. The fourth-order valence-corrected chi connectivity index (χ4v) is 3.45. The second-order valence-corrected chi connectivity index (χ2v) is 7.49. The molecule has 0 bridgehead atoms. The van der Waals surface area contributed by atoms with Crippen molar-refractivity contribution >= 4 is 41.3 Å². The Morgan fingerprint density at radius 1 is 0.800 bits per heavy atom. The summed E-state index contributed by atoms with van der Waals surface area (Å²) in [5.41, 5.74) is 2.71. The van der Waals surface area contributed by atoms with Gasteiger partial charge in [0.1, 0.15) is 17.4 Å². The molecule has 0 saturated carbocycles. The number of carboxylic acid groups (broad SMARTS) is 1. The predicted molar refractivity (Wildman–Crippen MR) is 136 cm³/mol. The van der Waals surface area contributed by atoms with Gasteiger partial charge in [-0.3, -0.25) is 0 Å². The Balaban J connectivity index is 1.57. The summed E-state index contributed by atoms with van der Waals surface area (Å²) in [5, 5.41) is 17.8. The van der Waals surface area contributed by atoms with Gasteiger partial charge in [0.2, 0.25) is 0 Å². The molecule has 4 rings (SSSR count). The SMILES string of the molecule is N#C/C(=C\c1ccc(/C=C/c2ccc(N(c3ccccc3)c3ccccc3)cc2)oc1=O)C(=O)O. The van der Waals surface area contributed by atoms with Crippen molar-refractivity contribution in [3.05, 3.63) is 130 Å². The van der Waals surface area contributed by atoms with Gasteiger partial charge in [-0.15, -0.1) is 0 Å². The van der Waals surface area contributed by atoms with Crippen LogP contribution in [0, 0.1) is 11.3 Å². The number of nitrogens with zero attached hydrogens (tertiary/aromatic N) is 2. The van der Waals surface area contributed by atoms with E-state index in [0.717, 1.165) is 28.7 Å². The molecule has 0 atom stereocenters. The quantitative estimate of drug-likeness (QED) is 0.258. The van der Waals surface area contributed by atoms with Gasteiger partial charge in [0.05, 0.1) is 5.56 Å². The van der Waals surface area contributed by atoms with E-state index in [-0.39, 0.29) is 5.56 Å². The third kappa shape index (κ3) is 5.62. The van der Waals surface area contributed by atoms with E-state index in [2.05, 4.69) is 29.2 Å². The molecule has 35 heavy (non-hydrogen) atoms. The van der Waals surface area contributed by atoms with E-state index in [1.54, 1.807) is 12.1 Å². The number of hydrogen-bond donors (Lipinski definition) is 1. The number of carboxylic acids is 1. The Morgan fingerprint density at radius 2 is 1.37 bits per heavy atom. The molecule has 1 aromatic heterocycles. The standard InChI is InChI=1S/C29H20N2O4/c30-20-23(28(32)33)19-22-14-18-27(35-29(22)34)17-13-21-11-15-26(16-12-21)31(24-7-3-1-4-8-24)25-9-5-2-6-10-25/h1-19H,(H,32,33)/b17-13+,23-19+. The molecule has 0 aliphatic heterocycles. The predicted octanol–water partition coefficient (Wildman–Crippen LogP) is 6.27. The van der Waals surface area contributed by atoms with Crippen molar-refractivity contribution in [1.29, 1.82) is 5.26 Å². The van der Waals surface area contributed by atoms with Gasteiger partial charge < -0.3 is 14.4 Å². The van der Waals surface area contributed by atoms with Gasteiger partial charge in [0.15, 0.2) is 0 Å². The summed E-state index contributed by atoms with van der Waals surface area (Å²) in [5.74, 6) is -1.10. The largest absolute Gasteiger partial charge is 0.477 e. The molecule has 0 unspecified atom stereocenters. The summed E-state index contributed by atoms with van der Waals surface area (Å²) < 4.78 is 5.24. The zero-order valence-corrected chi connectivity index (χ0v) is 18.5. The van der Waals surface area contributed by atoms with Gasteiger partial charge in [-0.25, -0.2) is 9.59 Å². The summed E-state index contributed by atoms with van der Waals surface area (Å²) in [4.78, 5) is 25.3. The number of aliphatic carboxylic acids is 1. The fraction of sp³-hybridized carbons (Fsp3) is 0. The van der Waals surface area contributed by atoms with Crippen molar-refractivity contribution in [3.63, 3.8) is 0 Å². The van der Waals surface area contributed by atoms with Gasteiger partial charge in [-0.05, 0) is 66.2 Å². The van der Waals surface area contributed by atoms with Crippen LogP contribution >= 0.6 is 0 Å². The molecule has 3 aromatic carbocycles. The topological polar surface area (TPSA) is 94.5 Å². The van der Waals surface area contributed by atoms with Crippen molar-refractivity contribution in [3.8, 4) is 6.07 Å². The highest BCUT2D eigenvalue weighted by atomic mass is 16.4. The van der Waals surface area contributed by atoms with E-state index in [0.29, 0.717) is 5.76 Å². The van der Waals surface area contributed by atoms with Crippen LogP contribution in [-0.4, -0.2) is 11.1 Å². The monoisotopic (exact) mass is 460 g/mol. The highest BCUT2D eigenvalue weighted by Crippen LogP contribution is 2.34. The molecule has 0 saturated heterocycles. The smallest absolute Gasteiger partial charge is 0.346 e. The maximum atomic E-state index is 12.2. The van der Waals surface area contributed by atoms with Gasteiger partial charge in [-0.2, -0.15) is 5.26 Å². The first-order valence-corrected chi connectivity index (χ1v) is 10.7. The normalized spacial score (nSPS) is 11.2. The average molecular weight is 460 g/mol. The maximum Gasteiger partial charge on any atom is 0.346 e. The summed E-state index contributed by atoms with van der Waals surface area (Å²) in [6.07, 6.45) is 4.45. The molecule has 6 nitrogen and oxygen atoms in total. The van der Waals surface area contributed by atoms with Crippen LogP contribution in [0.25, 0.3) is 18.2 Å². The number of rotatable bonds is 7. The van der Waals surface area contributed by atoms with Crippen LogP contribution in [-0.2, 0) is 4.79 Å². The van der Waals surface area contributed by atoms with Gasteiger partial charge in [-0.1, -0.05) is 54.6 Å². The molecule has 0 radical (unpaired) electrons. The minimum atomic E-state index is -1.41. The van der Waals surface area contributed by atoms with Gasteiger partial charge >= 0.3 is 11.6 Å². The molecular formula is C29H20N2O4. The second kappa shape index (κ2) is 10.6. The lowest BCUT2D eigenvalue weighted by Crippen LogP contribution is -2.09. The van der Waals surface area contributed by atoms with Crippen LogP contribution in [0.4, 0.5) is 17.1 Å². The molecule has 0 aliphatic rings. The lowest BCUT2D eigenvalue weighted by Gasteiger charge is -2.25. The lowest BCUT2D eigenvalue weighted by atomic mass is 10.1. The van der Waals surface area contributed by atoms with Crippen molar-refractivity contribution in [1.82, 2.24) is 0 Å². The lowest BCUT2D eigenvalue weighted by molar-refractivity contribution is -0.132. The summed E-state index contributed by atoms with van der Waals surface area (Å²) >= 11 is 0. The zero-order valence-electron chi connectivity index (χ0n) is 18.5. The van der Waals surface area contributed by atoms with Gasteiger partial charge in [0, 0.05) is 17.1 Å². The number of benzene rings is 3.